The van der Waals surface area contributed by atoms with E-state index in [1.807, 2.05) is 18.2 Å². The van der Waals surface area contributed by atoms with Gasteiger partial charge in [-0.2, -0.15) is 0 Å². The molecule has 0 aliphatic heterocycles. The van der Waals surface area contributed by atoms with Gasteiger partial charge in [0.05, 0.1) is 0 Å². The van der Waals surface area contributed by atoms with Crippen LogP contribution in [0.1, 0.15) is 19.8 Å². The van der Waals surface area contributed by atoms with E-state index in [1.54, 1.807) is 12.4 Å². The summed E-state index contributed by atoms with van der Waals surface area (Å²) in [4.78, 5) is 4.01. The Hall–Kier alpha value is -1.11. The van der Waals surface area contributed by atoms with E-state index in [4.69, 9.17) is 0 Å². The summed E-state index contributed by atoms with van der Waals surface area (Å²) >= 11 is 0. The van der Waals surface area contributed by atoms with Gasteiger partial charge in [0, 0.05) is 12.4 Å². The summed E-state index contributed by atoms with van der Waals surface area (Å²) in [5.41, 5.74) is 0. The van der Waals surface area contributed by atoms with Gasteiger partial charge in [-0.1, -0.05) is 25.2 Å². The van der Waals surface area contributed by atoms with Crippen molar-refractivity contribution >= 4 is 6.21 Å². The van der Waals surface area contributed by atoms with E-state index in [0.29, 0.717) is 0 Å². The van der Waals surface area contributed by atoms with Crippen molar-refractivity contribution in [2.45, 2.75) is 19.8 Å². The van der Waals surface area contributed by atoms with Crippen molar-refractivity contribution in [1.82, 2.24) is 0 Å². The van der Waals surface area contributed by atoms with Crippen molar-refractivity contribution in [3.63, 3.8) is 0 Å². The molecule has 0 unspecified atom stereocenters. The fraction of sp³-hybridized carbons (Fsp3) is 0.300. The molecule has 0 rings (SSSR count). The van der Waals surface area contributed by atoms with Crippen LogP contribution in [0.25, 0.3) is 0 Å². The van der Waals surface area contributed by atoms with E-state index in [-0.39, 0.29) is 0 Å². The van der Waals surface area contributed by atoms with Gasteiger partial charge in [0.1, 0.15) is 0 Å². The Morgan fingerprint density at radius 2 is 2.18 bits per heavy atom. The van der Waals surface area contributed by atoms with Crippen LogP contribution in [0.3, 0.4) is 0 Å². The molecule has 0 N–H and O–H groups in total. The summed E-state index contributed by atoms with van der Waals surface area (Å²) in [5.74, 6) is 0. The van der Waals surface area contributed by atoms with Crippen molar-refractivity contribution in [1.29, 1.82) is 0 Å². The number of nitrogens with zero attached hydrogens (tertiary/aromatic N) is 1. The topological polar surface area (TPSA) is 12.4 Å². The highest BCUT2D eigenvalue weighted by molar-refractivity contribution is 5.71. The molecule has 0 atom stereocenters. The zero-order valence-electron chi connectivity index (χ0n) is 7.03. The number of aliphatic imine (C=N–C) groups is 1. The second-order valence-electron chi connectivity index (χ2n) is 2.04. The maximum absolute atomic E-state index is 4.01. The maximum atomic E-state index is 4.01. The Morgan fingerprint density at radius 1 is 1.36 bits per heavy atom. The molecule has 60 valence electrons. The Labute approximate surface area is 68.9 Å². The molecule has 1 heteroatoms. The fourth-order valence-electron chi connectivity index (χ4n) is 0.514. The van der Waals surface area contributed by atoms with Gasteiger partial charge in [-0.15, -0.1) is 6.58 Å². The van der Waals surface area contributed by atoms with Gasteiger partial charge in [-0.25, -0.2) is 0 Å². The van der Waals surface area contributed by atoms with Crippen LogP contribution < -0.4 is 0 Å². The average Bonchev–Trinajstić information content (AvgIpc) is 2.03. The highest BCUT2D eigenvalue weighted by Crippen LogP contribution is 1.83. The predicted molar refractivity (Wildman–Crippen MR) is 51.9 cm³/mol. The largest absolute Gasteiger partial charge is 0.265 e. The van der Waals surface area contributed by atoms with Crippen LogP contribution in [0, 0.1) is 0 Å². The predicted octanol–water partition coefficient (Wildman–Crippen LogP) is 3.11. The van der Waals surface area contributed by atoms with Crippen LogP contribution in [0.15, 0.2) is 42.1 Å². The van der Waals surface area contributed by atoms with E-state index >= 15 is 0 Å². The lowest BCUT2D eigenvalue weighted by molar-refractivity contribution is 1.23. The Balaban J connectivity index is 3.42. The first-order chi connectivity index (χ1) is 5.41. The highest BCUT2D eigenvalue weighted by Gasteiger charge is 1.65. The number of rotatable bonds is 5. The van der Waals surface area contributed by atoms with Gasteiger partial charge in [0.2, 0.25) is 0 Å². The smallest absolute Gasteiger partial charge is 0.0264 e. The van der Waals surface area contributed by atoms with Crippen LogP contribution in [0.4, 0.5) is 0 Å². The lowest BCUT2D eigenvalue weighted by Gasteiger charge is -1.76. The van der Waals surface area contributed by atoms with E-state index in [1.165, 1.54) is 0 Å². The third-order valence-corrected chi connectivity index (χ3v) is 1.04. The molecule has 0 fully saturated rings. The zero-order valence-corrected chi connectivity index (χ0v) is 7.03. The van der Waals surface area contributed by atoms with Crippen molar-refractivity contribution in [3.05, 3.63) is 37.1 Å². The zero-order chi connectivity index (χ0) is 8.36. The Kier molecular flexibility index (Phi) is 7.99. The minimum Gasteiger partial charge on any atom is -0.265 e. The lowest BCUT2D eigenvalue weighted by Crippen LogP contribution is -1.61. The van der Waals surface area contributed by atoms with Crippen LogP contribution in [-0.2, 0) is 0 Å². The molecule has 1 nitrogen and oxygen atoms in total. The van der Waals surface area contributed by atoms with Crippen LogP contribution in [0.5, 0.6) is 0 Å². The molecule has 0 aromatic heterocycles. The number of hydrogen-bond acceptors (Lipinski definition) is 1. The standard InChI is InChI=1S/C10H15N/c1-3-5-7-9-11-10-8-6-4-2/h3,6-10H,1,4-5H2,2H3/b8-6-,9-7+,11-10-. The molecule has 0 aliphatic rings. The molecular weight excluding hydrogens is 134 g/mol. The molecule has 0 spiro atoms. The molecule has 0 radical (unpaired) electrons. The average molecular weight is 149 g/mol. The van der Waals surface area contributed by atoms with Crippen molar-refractivity contribution < 1.29 is 0 Å². The van der Waals surface area contributed by atoms with Crippen LogP contribution >= 0.6 is 0 Å². The van der Waals surface area contributed by atoms with Crippen molar-refractivity contribution in [2.75, 3.05) is 0 Å². The number of hydrogen-bond donors (Lipinski definition) is 0. The Morgan fingerprint density at radius 3 is 2.82 bits per heavy atom. The third-order valence-electron chi connectivity index (χ3n) is 1.04. The Bertz CT molecular complexity index is 164. The molecule has 0 aliphatic carbocycles. The maximum Gasteiger partial charge on any atom is 0.0264 e. The van der Waals surface area contributed by atoms with E-state index in [2.05, 4.69) is 24.6 Å². The monoisotopic (exact) mass is 149 g/mol. The first-order valence-electron chi connectivity index (χ1n) is 3.86. The fourth-order valence-corrected chi connectivity index (χ4v) is 0.514. The summed E-state index contributed by atoms with van der Waals surface area (Å²) in [6.45, 7) is 5.69. The van der Waals surface area contributed by atoms with Crippen molar-refractivity contribution in [3.8, 4) is 0 Å². The molecule has 0 aromatic carbocycles. The SMILES string of the molecule is C=CC/C=C/N=C\C=C/CC. The van der Waals surface area contributed by atoms with Crippen molar-refractivity contribution in [2.24, 2.45) is 4.99 Å². The van der Waals surface area contributed by atoms with E-state index < -0.39 is 0 Å². The molecule has 0 saturated heterocycles. The van der Waals surface area contributed by atoms with Crippen LogP contribution in [-0.4, -0.2) is 6.21 Å². The van der Waals surface area contributed by atoms with E-state index in [0.717, 1.165) is 12.8 Å². The second-order valence-corrected chi connectivity index (χ2v) is 2.04. The van der Waals surface area contributed by atoms with Gasteiger partial charge < -0.3 is 0 Å². The summed E-state index contributed by atoms with van der Waals surface area (Å²) in [5, 5.41) is 0. The van der Waals surface area contributed by atoms with Gasteiger partial charge in [0.15, 0.2) is 0 Å². The molecular formula is C10H15N. The minimum absolute atomic E-state index is 0.884. The van der Waals surface area contributed by atoms with Gasteiger partial charge in [-0.05, 0) is 18.9 Å². The quantitative estimate of drug-likeness (QED) is 0.420. The summed E-state index contributed by atoms with van der Waals surface area (Å²) < 4.78 is 0. The highest BCUT2D eigenvalue weighted by atomic mass is 14.6. The van der Waals surface area contributed by atoms with Gasteiger partial charge in [0.25, 0.3) is 0 Å². The molecule has 0 heterocycles. The third kappa shape index (κ3) is 8.89. The molecule has 0 amide bonds. The summed E-state index contributed by atoms with van der Waals surface area (Å²) in [7, 11) is 0. The van der Waals surface area contributed by atoms with E-state index in [9.17, 15) is 0 Å². The van der Waals surface area contributed by atoms with Crippen LogP contribution in [0.2, 0.25) is 0 Å². The first-order valence-corrected chi connectivity index (χ1v) is 3.86. The molecule has 0 saturated carbocycles. The van der Waals surface area contributed by atoms with Gasteiger partial charge >= 0.3 is 0 Å². The molecule has 0 aromatic rings. The van der Waals surface area contributed by atoms with Gasteiger partial charge in [-0.3, -0.25) is 4.99 Å². The first kappa shape index (κ1) is 9.89. The second kappa shape index (κ2) is 8.89. The molecule has 11 heavy (non-hydrogen) atoms. The normalized spacial score (nSPS) is 12.1. The summed E-state index contributed by atoms with van der Waals surface area (Å²) in [6, 6.07) is 0. The minimum atomic E-state index is 0.884. The molecule has 0 bridgehead atoms. The summed E-state index contributed by atoms with van der Waals surface area (Å²) in [6.07, 6.45) is 13.3. The number of allylic oxidation sites excluding steroid dienone is 4. The lowest BCUT2D eigenvalue weighted by atomic mass is 10.4.